The number of hydrogen-bond donors (Lipinski definition) is 2. The molecular weight excluding hydrogens is 502 g/mol. The second-order valence-corrected chi connectivity index (χ2v) is 9.08. The Hall–Kier alpha value is -3.17. The minimum atomic E-state index is -1.00. The van der Waals surface area contributed by atoms with E-state index in [0.29, 0.717) is 12.4 Å². The Labute approximate surface area is 208 Å². The largest absolute Gasteiger partial charge is 0.488 e. The standard InChI is InChI=1S/C25H30BrN3O5/c1-5-13-33-22-12-11-19(14-20(22)26)15-27-29-23(30)21(28-24(31)34-25(2,3)4)17-32-16-18-9-7-6-8-10-18/h5-12,14-15,21H,1,13,16-17H2,2-4H3,(H,28,31)(H,29,30)/b27-15-/t21-/m0/s1. The molecule has 2 rings (SSSR count). The summed E-state index contributed by atoms with van der Waals surface area (Å²) in [6.07, 6.45) is 2.41. The minimum Gasteiger partial charge on any atom is -0.488 e. The van der Waals surface area contributed by atoms with Crippen LogP contribution in [-0.4, -0.2) is 43.1 Å². The van der Waals surface area contributed by atoms with Gasteiger partial charge >= 0.3 is 6.09 Å². The molecule has 34 heavy (non-hydrogen) atoms. The molecule has 0 radical (unpaired) electrons. The number of nitrogens with zero attached hydrogens (tertiary/aromatic N) is 1. The van der Waals surface area contributed by atoms with Crippen LogP contribution in [0.1, 0.15) is 31.9 Å². The van der Waals surface area contributed by atoms with E-state index in [-0.39, 0.29) is 13.2 Å². The van der Waals surface area contributed by atoms with Crippen LogP contribution in [0, 0.1) is 0 Å². The van der Waals surface area contributed by atoms with Gasteiger partial charge in [-0.15, -0.1) is 0 Å². The van der Waals surface area contributed by atoms with Crippen molar-refractivity contribution in [3.05, 3.63) is 76.8 Å². The Morgan fingerprint density at radius 3 is 2.56 bits per heavy atom. The third-order valence-corrected chi connectivity index (χ3v) is 4.72. The molecule has 0 spiro atoms. The van der Waals surface area contributed by atoms with Crippen molar-refractivity contribution < 1.29 is 23.8 Å². The molecule has 0 bridgehead atoms. The van der Waals surface area contributed by atoms with Gasteiger partial charge < -0.3 is 19.5 Å². The number of hydrazone groups is 1. The van der Waals surface area contributed by atoms with E-state index in [1.807, 2.05) is 30.3 Å². The fourth-order valence-electron chi connectivity index (χ4n) is 2.61. The van der Waals surface area contributed by atoms with Gasteiger partial charge in [-0.3, -0.25) is 4.79 Å². The van der Waals surface area contributed by atoms with E-state index in [1.165, 1.54) is 6.21 Å². The molecule has 0 fully saturated rings. The van der Waals surface area contributed by atoms with Crippen LogP contribution in [0.15, 0.2) is 70.8 Å². The molecule has 2 N–H and O–H groups in total. The van der Waals surface area contributed by atoms with Crippen molar-refractivity contribution in [3.63, 3.8) is 0 Å². The van der Waals surface area contributed by atoms with Crippen LogP contribution >= 0.6 is 15.9 Å². The van der Waals surface area contributed by atoms with E-state index in [0.717, 1.165) is 15.6 Å². The van der Waals surface area contributed by atoms with Gasteiger partial charge in [0.05, 0.1) is 23.9 Å². The molecule has 0 aliphatic heterocycles. The fourth-order valence-corrected chi connectivity index (χ4v) is 3.12. The zero-order chi connectivity index (χ0) is 25.0. The maximum absolute atomic E-state index is 12.7. The topological polar surface area (TPSA) is 98.3 Å². The lowest BCUT2D eigenvalue weighted by atomic mass is 10.2. The highest BCUT2D eigenvalue weighted by molar-refractivity contribution is 9.10. The zero-order valence-corrected chi connectivity index (χ0v) is 21.1. The molecular formula is C25H30BrN3O5. The predicted molar refractivity (Wildman–Crippen MR) is 135 cm³/mol. The Morgan fingerprint density at radius 1 is 1.18 bits per heavy atom. The molecule has 182 valence electrons. The highest BCUT2D eigenvalue weighted by Crippen LogP contribution is 2.25. The quantitative estimate of drug-likeness (QED) is 0.251. The number of rotatable bonds is 11. The molecule has 0 saturated carbocycles. The summed E-state index contributed by atoms with van der Waals surface area (Å²) in [5.74, 6) is 0.124. The summed E-state index contributed by atoms with van der Waals surface area (Å²) in [6, 6.07) is 13.9. The van der Waals surface area contributed by atoms with Crippen LogP contribution in [0.5, 0.6) is 5.75 Å². The second kappa shape index (κ2) is 13.5. The zero-order valence-electron chi connectivity index (χ0n) is 19.5. The van der Waals surface area contributed by atoms with Gasteiger partial charge in [0.2, 0.25) is 0 Å². The molecule has 2 aromatic carbocycles. The lowest BCUT2D eigenvalue weighted by molar-refractivity contribution is -0.124. The van der Waals surface area contributed by atoms with Crippen LogP contribution in [0.3, 0.4) is 0 Å². The van der Waals surface area contributed by atoms with Crippen molar-refractivity contribution in [2.24, 2.45) is 5.10 Å². The second-order valence-electron chi connectivity index (χ2n) is 8.22. The SMILES string of the molecule is C=CCOc1ccc(/C=N\NC(=O)[C@H](COCc2ccccc2)NC(=O)OC(C)(C)C)cc1Br. The van der Waals surface area contributed by atoms with E-state index >= 15 is 0 Å². The Bertz CT molecular complexity index is 990. The predicted octanol–water partition coefficient (Wildman–Crippen LogP) is 4.57. The number of amides is 2. The summed E-state index contributed by atoms with van der Waals surface area (Å²) < 4.78 is 17.2. The van der Waals surface area contributed by atoms with Gasteiger partial charge in [0, 0.05) is 0 Å². The van der Waals surface area contributed by atoms with Crippen molar-refractivity contribution in [1.29, 1.82) is 0 Å². The average Bonchev–Trinajstić information content (AvgIpc) is 2.77. The van der Waals surface area contributed by atoms with E-state index in [9.17, 15) is 9.59 Å². The first-order chi connectivity index (χ1) is 16.2. The third-order valence-electron chi connectivity index (χ3n) is 4.10. The van der Waals surface area contributed by atoms with Gasteiger partial charge in [0.1, 0.15) is 24.0 Å². The Morgan fingerprint density at radius 2 is 1.91 bits per heavy atom. The highest BCUT2D eigenvalue weighted by Gasteiger charge is 2.24. The van der Waals surface area contributed by atoms with Gasteiger partial charge in [-0.25, -0.2) is 10.2 Å². The molecule has 0 aliphatic carbocycles. The fraction of sp³-hybridized carbons (Fsp3) is 0.320. The van der Waals surface area contributed by atoms with E-state index in [4.69, 9.17) is 14.2 Å². The van der Waals surface area contributed by atoms with E-state index in [1.54, 1.807) is 45.0 Å². The molecule has 0 unspecified atom stereocenters. The molecule has 1 atom stereocenters. The summed E-state index contributed by atoms with van der Waals surface area (Å²) in [4.78, 5) is 24.9. The van der Waals surface area contributed by atoms with Crippen LogP contribution < -0.4 is 15.5 Å². The summed E-state index contributed by atoms with van der Waals surface area (Å²) in [5, 5.41) is 6.53. The molecule has 0 saturated heterocycles. The van der Waals surface area contributed by atoms with E-state index in [2.05, 4.69) is 38.4 Å². The summed E-state index contributed by atoms with van der Waals surface area (Å²) in [6.45, 7) is 9.46. The molecule has 2 aromatic rings. The van der Waals surface area contributed by atoms with Crippen LogP contribution in [0.4, 0.5) is 4.79 Å². The third kappa shape index (κ3) is 10.2. The van der Waals surface area contributed by atoms with Crippen molar-refractivity contribution in [1.82, 2.24) is 10.7 Å². The summed E-state index contributed by atoms with van der Waals surface area (Å²) in [7, 11) is 0. The molecule has 9 heteroatoms. The normalized spacial score (nSPS) is 12.1. The maximum atomic E-state index is 12.7. The first-order valence-corrected chi connectivity index (χ1v) is 11.4. The molecule has 0 aromatic heterocycles. The number of alkyl carbamates (subject to hydrolysis) is 1. The highest BCUT2D eigenvalue weighted by atomic mass is 79.9. The molecule has 2 amide bonds. The van der Waals surface area contributed by atoms with Crippen molar-refractivity contribution in [2.75, 3.05) is 13.2 Å². The lowest BCUT2D eigenvalue weighted by Crippen LogP contribution is -2.49. The number of hydrogen-bond acceptors (Lipinski definition) is 6. The van der Waals surface area contributed by atoms with Gasteiger partial charge in [0.25, 0.3) is 5.91 Å². The number of benzene rings is 2. The van der Waals surface area contributed by atoms with Crippen molar-refractivity contribution in [2.45, 2.75) is 39.0 Å². The van der Waals surface area contributed by atoms with Gasteiger partial charge in [-0.05, 0) is 66.0 Å². The number of carbonyl (C=O) groups is 2. The summed E-state index contributed by atoms with van der Waals surface area (Å²) >= 11 is 3.43. The van der Waals surface area contributed by atoms with Crippen molar-refractivity contribution in [3.8, 4) is 5.75 Å². The lowest BCUT2D eigenvalue weighted by Gasteiger charge is -2.22. The van der Waals surface area contributed by atoms with Crippen LogP contribution in [0.2, 0.25) is 0 Å². The van der Waals surface area contributed by atoms with E-state index < -0.39 is 23.6 Å². The number of ether oxygens (including phenoxy) is 3. The number of nitrogens with one attached hydrogen (secondary N) is 2. The Kier molecular flexibility index (Phi) is 10.8. The van der Waals surface area contributed by atoms with Crippen LogP contribution in [0.25, 0.3) is 0 Å². The van der Waals surface area contributed by atoms with Gasteiger partial charge in [-0.1, -0.05) is 43.0 Å². The number of halogens is 1. The first kappa shape index (κ1) is 27.1. The molecule has 0 heterocycles. The molecule has 0 aliphatic rings. The molecule has 8 nitrogen and oxygen atoms in total. The van der Waals surface area contributed by atoms with Gasteiger partial charge in [-0.2, -0.15) is 5.10 Å². The monoisotopic (exact) mass is 531 g/mol. The van der Waals surface area contributed by atoms with Crippen molar-refractivity contribution >= 4 is 34.1 Å². The Balaban J connectivity index is 1.99. The number of carbonyl (C=O) groups excluding carboxylic acids is 2. The summed E-state index contributed by atoms with van der Waals surface area (Å²) in [5.41, 5.74) is 3.41. The minimum absolute atomic E-state index is 0.0591. The van der Waals surface area contributed by atoms with Crippen LogP contribution in [-0.2, 0) is 20.9 Å². The smallest absolute Gasteiger partial charge is 0.408 e. The average molecular weight is 532 g/mol. The maximum Gasteiger partial charge on any atom is 0.408 e. The van der Waals surface area contributed by atoms with Gasteiger partial charge in [0.15, 0.2) is 0 Å². The first-order valence-electron chi connectivity index (χ1n) is 10.7.